The highest BCUT2D eigenvalue weighted by Gasteiger charge is 2.50. The lowest BCUT2D eigenvalue weighted by molar-refractivity contribution is -0.0436. The van der Waals surface area contributed by atoms with Crippen LogP contribution in [-0.2, 0) is 0 Å². The molecule has 0 heteroatoms. The van der Waals surface area contributed by atoms with Crippen LogP contribution in [0.4, 0.5) is 0 Å². The molecule has 0 aromatic carbocycles. The lowest BCUT2D eigenvalue weighted by atomic mass is 9.49. The minimum absolute atomic E-state index is 0.755. The SMILES string of the molecule is CC=CC(CCC)C12CCCC(C1)C2. The Labute approximate surface area is 88.8 Å². The molecule has 3 rings (SSSR count). The number of hydrogen-bond donors (Lipinski definition) is 0. The second kappa shape index (κ2) is 4.08. The molecule has 0 N–H and O–H groups in total. The van der Waals surface area contributed by atoms with Crippen molar-refractivity contribution in [3.63, 3.8) is 0 Å². The third kappa shape index (κ3) is 1.64. The highest BCUT2D eigenvalue weighted by molar-refractivity contribution is 5.06. The zero-order valence-electron chi connectivity index (χ0n) is 9.76. The first-order chi connectivity index (χ1) is 6.80. The van der Waals surface area contributed by atoms with E-state index in [0.717, 1.165) is 17.3 Å². The summed E-state index contributed by atoms with van der Waals surface area (Å²) in [5.41, 5.74) is 0.755. The molecule has 3 aliphatic rings. The van der Waals surface area contributed by atoms with Crippen molar-refractivity contribution in [2.45, 2.75) is 58.8 Å². The summed E-state index contributed by atoms with van der Waals surface area (Å²) in [5.74, 6) is 2.00. The fraction of sp³-hybridized carbons (Fsp3) is 0.857. The summed E-state index contributed by atoms with van der Waals surface area (Å²) in [6, 6.07) is 0. The van der Waals surface area contributed by atoms with Gasteiger partial charge in [-0.2, -0.15) is 0 Å². The normalized spacial score (nSPS) is 38.3. The molecule has 1 atom stereocenters. The van der Waals surface area contributed by atoms with Crippen molar-refractivity contribution in [2.75, 3.05) is 0 Å². The average Bonchev–Trinajstić information content (AvgIpc) is 2.17. The number of fused-ring (bicyclic) bond motifs is 2. The minimum atomic E-state index is 0.755. The largest absolute Gasteiger partial charge is 0.0914 e. The molecule has 1 unspecified atom stereocenters. The first-order valence-electron chi connectivity index (χ1n) is 6.43. The Morgan fingerprint density at radius 1 is 1.43 bits per heavy atom. The van der Waals surface area contributed by atoms with Gasteiger partial charge in [-0.25, -0.2) is 0 Å². The van der Waals surface area contributed by atoms with Gasteiger partial charge in [-0.15, -0.1) is 0 Å². The molecule has 0 nitrogen and oxygen atoms in total. The Morgan fingerprint density at radius 3 is 2.71 bits per heavy atom. The van der Waals surface area contributed by atoms with Gasteiger partial charge in [0.1, 0.15) is 0 Å². The molecular weight excluding hydrogens is 168 g/mol. The molecule has 0 aromatic rings. The van der Waals surface area contributed by atoms with Crippen LogP contribution in [0.3, 0.4) is 0 Å². The molecule has 3 fully saturated rings. The molecule has 0 spiro atoms. The first-order valence-corrected chi connectivity index (χ1v) is 6.43. The molecule has 0 aromatic heterocycles. The molecule has 0 saturated heterocycles. The summed E-state index contributed by atoms with van der Waals surface area (Å²) in [5, 5.41) is 0. The molecule has 0 heterocycles. The number of rotatable bonds is 4. The Kier molecular flexibility index (Phi) is 2.99. The van der Waals surface area contributed by atoms with Crippen molar-refractivity contribution in [3.8, 4) is 0 Å². The van der Waals surface area contributed by atoms with Crippen LogP contribution in [0.15, 0.2) is 12.2 Å². The van der Waals surface area contributed by atoms with Gasteiger partial charge in [-0.05, 0) is 49.9 Å². The smallest absolute Gasteiger partial charge is 0.0177 e. The van der Waals surface area contributed by atoms with Gasteiger partial charge in [0.15, 0.2) is 0 Å². The van der Waals surface area contributed by atoms with Crippen LogP contribution < -0.4 is 0 Å². The maximum absolute atomic E-state index is 2.49. The Balaban J connectivity index is 2.02. The maximum Gasteiger partial charge on any atom is -0.0177 e. The molecular formula is C14H24. The van der Waals surface area contributed by atoms with Crippen LogP contribution in [0.25, 0.3) is 0 Å². The second-order valence-corrected chi connectivity index (χ2v) is 5.45. The van der Waals surface area contributed by atoms with Crippen LogP contribution in [0.5, 0.6) is 0 Å². The maximum atomic E-state index is 2.49. The van der Waals surface area contributed by atoms with Gasteiger partial charge < -0.3 is 0 Å². The van der Waals surface area contributed by atoms with Gasteiger partial charge in [-0.3, -0.25) is 0 Å². The standard InChI is InChI=1S/C14H24/c1-3-6-13(7-4-2)14-9-5-8-12(10-14)11-14/h3,6,12-13H,4-5,7-11H2,1-2H3. The summed E-state index contributed by atoms with van der Waals surface area (Å²) in [6.07, 6.45) is 15.2. The van der Waals surface area contributed by atoms with E-state index in [2.05, 4.69) is 26.0 Å². The highest BCUT2D eigenvalue weighted by atomic mass is 14.5. The summed E-state index contributed by atoms with van der Waals surface area (Å²) >= 11 is 0. The molecule has 3 saturated carbocycles. The van der Waals surface area contributed by atoms with Gasteiger partial charge in [0.25, 0.3) is 0 Å². The molecule has 80 valence electrons. The van der Waals surface area contributed by atoms with E-state index in [1.165, 1.54) is 32.1 Å². The molecule has 14 heavy (non-hydrogen) atoms. The van der Waals surface area contributed by atoms with Gasteiger partial charge in [0.05, 0.1) is 0 Å². The van der Waals surface area contributed by atoms with Gasteiger partial charge in [0.2, 0.25) is 0 Å². The number of hydrogen-bond acceptors (Lipinski definition) is 0. The molecule has 3 aliphatic carbocycles. The summed E-state index contributed by atoms with van der Waals surface area (Å²) in [4.78, 5) is 0. The van der Waals surface area contributed by atoms with Gasteiger partial charge in [-0.1, -0.05) is 38.3 Å². The summed E-state index contributed by atoms with van der Waals surface area (Å²) in [6.45, 7) is 4.50. The van der Waals surface area contributed by atoms with Gasteiger partial charge >= 0.3 is 0 Å². The quantitative estimate of drug-likeness (QED) is 0.573. The third-order valence-corrected chi connectivity index (χ3v) is 4.49. The number of allylic oxidation sites excluding steroid dienone is 2. The van der Waals surface area contributed by atoms with Crippen molar-refractivity contribution in [1.82, 2.24) is 0 Å². The van der Waals surface area contributed by atoms with Crippen molar-refractivity contribution < 1.29 is 0 Å². The van der Waals surface area contributed by atoms with E-state index in [4.69, 9.17) is 0 Å². The van der Waals surface area contributed by atoms with Gasteiger partial charge in [0, 0.05) is 0 Å². The van der Waals surface area contributed by atoms with Crippen LogP contribution in [0.1, 0.15) is 58.8 Å². The Bertz CT molecular complexity index is 203. The topological polar surface area (TPSA) is 0 Å². The highest BCUT2D eigenvalue weighted by Crippen LogP contribution is 2.60. The van der Waals surface area contributed by atoms with E-state index >= 15 is 0 Å². The van der Waals surface area contributed by atoms with E-state index in [0.29, 0.717) is 0 Å². The van der Waals surface area contributed by atoms with E-state index in [9.17, 15) is 0 Å². The predicted octanol–water partition coefficient (Wildman–Crippen LogP) is 4.56. The van der Waals surface area contributed by atoms with Crippen LogP contribution in [-0.4, -0.2) is 0 Å². The monoisotopic (exact) mass is 192 g/mol. The molecule has 0 amide bonds. The van der Waals surface area contributed by atoms with Crippen molar-refractivity contribution in [1.29, 1.82) is 0 Å². The molecule has 0 radical (unpaired) electrons. The van der Waals surface area contributed by atoms with Crippen LogP contribution in [0, 0.1) is 17.3 Å². The van der Waals surface area contributed by atoms with Crippen molar-refractivity contribution in [3.05, 3.63) is 12.2 Å². The fourth-order valence-electron chi connectivity index (χ4n) is 3.88. The van der Waals surface area contributed by atoms with E-state index in [1.54, 1.807) is 12.8 Å². The lowest BCUT2D eigenvalue weighted by Crippen LogP contribution is -2.46. The fourth-order valence-corrected chi connectivity index (χ4v) is 3.88. The van der Waals surface area contributed by atoms with Crippen LogP contribution in [0.2, 0.25) is 0 Å². The predicted molar refractivity (Wildman–Crippen MR) is 62.2 cm³/mol. The molecule has 0 aliphatic heterocycles. The van der Waals surface area contributed by atoms with Crippen molar-refractivity contribution >= 4 is 0 Å². The zero-order valence-corrected chi connectivity index (χ0v) is 9.76. The van der Waals surface area contributed by atoms with E-state index < -0.39 is 0 Å². The van der Waals surface area contributed by atoms with Crippen LogP contribution >= 0.6 is 0 Å². The van der Waals surface area contributed by atoms with Crippen molar-refractivity contribution in [2.24, 2.45) is 17.3 Å². The first kappa shape index (κ1) is 10.3. The van der Waals surface area contributed by atoms with E-state index in [-0.39, 0.29) is 0 Å². The third-order valence-electron chi connectivity index (χ3n) is 4.49. The Morgan fingerprint density at radius 2 is 2.21 bits per heavy atom. The average molecular weight is 192 g/mol. The summed E-state index contributed by atoms with van der Waals surface area (Å²) < 4.78 is 0. The van der Waals surface area contributed by atoms with E-state index in [1.807, 2.05) is 0 Å². The second-order valence-electron chi connectivity index (χ2n) is 5.45. The summed E-state index contributed by atoms with van der Waals surface area (Å²) in [7, 11) is 0. The lowest BCUT2D eigenvalue weighted by Gasteiger charge is -2.56. The Hall–Kier alpha value is -0.260. The minimum Gasteiger partial charge on any atom is -0.0914 e. The zero-order chi connectivity index (χ0) is 10.0. The molecule has 2 bridgehead atoms.